The summed E-state index contributed by atoms with van der Waals surface area (Å²) in [5.41, 5.74) is 0.896. The fourth-order valence-electron chi connectivity index (χ4n) is 2.18. The van der Waals surface area contributed by atoms with Crippen molar-refractivity contribution in [3.63, 3.8) is 0 Å². The molecule has 124 valence electrons. The maximum Gasteiger partial charge on any atom is 0.422 e. The number of amides is 1. The van der Waals surface area contributed by atoms with E-state index in [1.807, 2.05) is 24.3 Å². The number of nitrogens with one attached hydrogen (secondary N) is 1. The fourth-order valence-corrected chi connectivity index (χ4v) is 3.12. The Labute approximate surface area is 139 Å². The first kappa shape index (κ1) is 16.3. The highest BCUT2D eigenvalue weighted by Crippen LogP contribution is 2.27. The van der Waals surface area contributed by atoms with E-state index in [1.165, 1.54) is 29.5 Å². The first-order valence-corrected chi connectivity index (χ1v) is 7.87. The molecule has 1 amide bonds. The SMILES string of the molecule is O=C(Nc1cccc(OCC(F)(F)F)c1)c1csc2ccccc12. The van der Waals surface area contributed by atoms with Crippen molar-refractivity contribution in [2.24, 2.45) is 0 Å². The Morgan fingerprint density at radius 2 is 1.92 bits per heavy atom. The summed E-state index contributed by atoms with van der Waals surface area (Å²) in [4.78, 5) is 12.4. The predicted molar refractivity (Wildman–Crippen MR) is 87.8 cm³/mol. The first-order chi connectivity index (χ1) is 11.4. The van der Waals surface area contributed by atoms with Crippen molar-refractivity contribution in [2.45, 2.75) is 6.18 Å². The lowest BCUT2D eigenvalue weighted by atomic mass is 10.1. The van der Waals surface area contributed by atoms with E-state index >= 15 is 0 Å². The molecule has 3 rings (SSSR count). The van der Waals surface area contributed by atoms with E-state index < -0.39 is 12.8 Å². The number of benzene rings is 2. The van der Waals surface area contributed by atoms with Crippen molar-refractivity contribution < 1.29 is 22.7 Å². The largest absolute Gasteiger partial charge is 0.484 e. The van der Waals surface area contributed by atoms with Gasteiger partial charge in [-0.3, -0.25) is 4.79 Å². The van der Waals surface area contributed by atoms with Crippen LogP contribution >= 0.6 is 11.3 Å². The maximum absolute atomic E-state index is 12.4. The van der Waals surface area contributed by atoms with Crippen LogP contribution in [0.1, 0.15) is 10.4 Å². The first-order valence-electron chi connectivity index (χ1n) is 6.99. The summed E-state index contributed by atoms with van der Waals surface area (Å²) in [6, 6.07) is 13.4. The van der Waals surface area contributed by atoms with E-state index in [4.69, 9.17) is 0 Å². The molecule has 0 bridgehead atoms. The number of halogens is 3. The quantitative estimate of drug-likeness (QED) is 0.711. The monoisotopic (exact) mass is 351 g/mol. The Balaban J connectivity index is 1.75. The van der Waals surface area contributed by atoms with Gasteiger partial charge in [0.05, 0.1) is 5.56 Å². The van der Waals surface area contributed by atoms with Crippen molar-refractivity contribution in [3.8, 4) is 5.75 Å². The molecule has 3 aromatic rings. The van der Waals surface area contributed by atoms with Gasteiger partial charge in [-0.2, -0.15) is 13.2 Å². The predicted octanol–water partition coefficient (Wildman–Crippen LogP) is 5.09. The van der Waals surface area contributed by atoms with E-state index in [0.717, 1.165) is 10.1 Å². The minimum absolute atomic E-state index is 0.0419. The molecule has 0 aliphatic carbocycles. The zero-order chi connectivity index (χ0) is 17.2. The Hall–Kier alpha value is -2.54. The van der Waals surface area contributed by atoms with Crippen LogP contribution in [-0.2, 0) is 0 Å². The molecule has 0 saturated heterocycles. The van der Waals surface area contributed by atoms with Gasteiger partial charge in [-0.25, -0.2) is 0 Å². The number of hydrogen-bond donors (Lipinski definition) is 1. The zero-order valence-electron chi connectivity index (χ0n) is 12.3. The van der Waals surface area contributed by atoms with Crippen molar-refractivity contribution in [2.75, 3.05) is 11.9 Å². The third kappa shape index (κ3) is 3.86. The molecule has 0 aliphatic rings. The molecule has 0 atom stereocenters. The van der Waals surface area contributed by atoms with Crippen molar-refractivity contribution in [3.05, 3.63) is 59.5 Å². The number of hydrogen-bond acceptors (Lipinski definition) is 3. The molecule has 1 N–H and O–H groups in total. The molecule has 0 saturated carbocycles. The van der Waals surface area contributed by atoms with E-state index in [1.54, 1.807) is 11.4 Å². The van der Waals surface area contributed by atoms with E-state index in [9.17, 15) is 18.0 Å². The van der Waals surface area contributed by atoms with Gasteiger partial charge in [-0.05, 0) is 18.2 Å². The highest BCUT2D eigenvalue weighted by atomic mass is 32.1. The maximum atomic E-state index is 12.4. The number of alkyl halides is 3. The topological polar surface area (TPSA) is 38.3 Å². The molecule has 1 aromatic heterocycles. The van der Waals surface area contributed by atoms with Crippen LogP contribution in [0, 0.1) is 0 Å². The number of carbonyl (C=O) groups excluding carboxylic acids is 1. The number of thiophene rings is 1. The lowest BCUT2D eigenvalue weighted by molar-refractivity contribution is -0.153. The van der Waals surface area contributed by atoms with E-state index in [0.29, 0.717) is 11.3 Å². The second-order valence-corrected chi connectivity index (χ2v) is 5.94. The Bertz CT molecular complexity index is 873. The summed E-state index contributed by atoms with van der Waals surface area (Å²) in [5.74, 6) is -0.277. The lowest BCUT2D eigenvalue weighted by Crippen LogP contribution is -2.19. The van der Waals surface area contributed by atoms with Crippen LogP contribution in [0.2, 0.25) is 0 Å². The average Bonchev–Trinajstić information content (AvgIpc) is 2.97. The molecule has 0 aliphatic heterocycles. The highest BCUT2D eigenvalue weighted by molar-refractivity contribution is 7.17. The second-order valence-electron chi connectivity index (χ2n) is 5.03. The molecule has 3 nitrogen and oxygen atoms in total. The van der Waals surface area contributed by atoms with Crippen molar-refractivity contribution in [1.82, 2.24) is 0 Å². The number of anilines is 1. The number of rotatable bonds is 4. The Morgan fingerprint density at radius 1 is 1.12 bits per heavy atom. The molecule has 0 unspecified atom stereocenters. The molecule has 7 heteroatoms. The summed E-state index contributed by atoms with van der Waals surface area (Å²) in [6.45, 7) is -1.38. The van der Waals surface area contributed by atoms with E-state index in [-0.39, 0.29) is 11.7 Å². The minimum atomic E-state index is -4.41. The summed E-state index contributed by atoms with van der Waals surface area (Å²) >= 11 is 1.46. The van der Waals surface area contributed by atoms with Gasteiger partial charge in [-0.15, -0.1) is 11.3 Å². The summed E-state index contributed by atoms with van der Waals surface area (Å²) < 4.78 is 42.2. The Kier molecular flexibility index (Phi) is 4.44. The molecule has 0 fully saturated rings. The third-order valence-electron chi connectivity index (χ3n) is 3.22. The van der Waals surface area contributed by atoms with Gasteiger partial charge >= 0.3 is 6.18 Å². The minimum Gasteiger partial charge on any atom is -0.484 e. The van der Waals surface area contributed by atoms with Crippen molar-refractivity contribution in [1.29, 1.82) is 0 Å². The third-order valence-corrected chi connectivity index (χ3v) is 4.18. The molecular formula is C17H12F3NO2S. The Morgan fingerprint density at radius 3 is 2.71 bits per heavy atom. The molecule has 2 aromatic carbocycles. The van der Waals surface area contributed by atoms with Gasteiger partial charge in [0, 0.05) is 27.2 Å². The highest BCUT2D eigenvalue weighted by Gasteiger charge is 2.28. The summed E-state index contributed by atoms with van der Waals surface area (Å²) in [5, 5.41) is 5.27. The fraction of sp³-hybridized carbons (Fsp3) is 0.118. The van der Waals surface area contributed by atoms with Gasteiger partial charge in [-0.1, -0.05) is 24.3 Å². The van der Waals surface area contributed by atoms with Crippen LogP contribution in [0.25, 0.3) is 10.1 Å². The van der Waals surface area contributed by atoms with Gasteiger partial charge < -0.3 is 10.1 Å². The second kappa shape index (κ2) is 6.52. The summed E-state index contributed by atoms with van der Waals surface area (Å²) in [7, 11) is 0. The van der Waals surface area contributed by atoms with Crippen molar-refractivity contribution >= 4 is 33.0 Å². The molecule has 0 radical (unpaired) electrons. The molecule has 1 heterocycles. The van der Waals surface area contributed by atoms with Crippen LogP contribution in [0.5, 0.6) is 5.75 Å². The zero-order valence-corrected chi connectivity index (χ0v) is 13.1. The number of fused-ring (bicyclic) bond motifs is 1. The summed E-state index contributed by atoms with van der Waals surface area (Å²) in [6.07, 6.45) is -4.41. The van der Waals surface area contributed by atoms with Gasteiger partial charge in [0.25, 0.3) is 5.91 Å². The van der Waals surface area contributed by atoms with Crippen LogP contribution in [-0.4, -0.2) is 18.7 Å². The molecule has 0 spiro atoms. The van der Waals surface area contributed by atoms with Crippen LogP contribution in [0.4, 0.5) is 18.9 Å². The van der Waals surface area contributed by atoms with Crippen LogP contribution in [0.3, 0.4) is 0 Å². The van der Waals surface area contributed by atoms with Gasteiger partial charge in [0.15, 0.2) is 6.61 Å². The normalized spacial score (nSPS) is 11.5. The molecular weight excluding hydrogens is 339 g/mol. The van der Waals surface area contributed by atoms with Gasteiger partial charge in [0.2, 0.25) is 0 Å². The van der Waals surface area contributed by atoms with E-state index in [2.05, 4.69) is 10.1 Å². The number of carbonyl (C=O) groups is 1. The lowest BCUT2D eigenvalue weighted by Gasteiger charge is -2.10. The van der Waals surface area contributed by atoms with Crippen LogP contribution < -0.4 is 10.1 Å². The van der Waals surface area contributed by atoms with Gasteiger partial charge in [0.1, 0.15) is 5.75 Å². The molecule has 24 heavy (non-hydrogen) atoms. The average molecular weight is 351 g/mol. The standard InChI is InChI=1S/C17H12F3NO2S/c18-17(19,20)10-23-12-5-3-4-11(8-12)21-16(22)14-9-24-15-7-2-1-6-13(14)15/h1-9H,10H2,(H,21,22). The number of ether oxygens (including phenoxy) is 1. The van der Waals surface area contributed by atoms with Crippen LogP contribution in [0.15, 0.2) is 53.9 Å². The smallest absolute Gasteiger partial charge is 0.422 e.